The monoisotopic (exact) mass is 359 g/mol. The molecule has 0 aromatic carbocycles. The summed E-state index contributed by atoms with van der Waals surface area (Å²) in [5.41, 5.74) is 1.13. The number of likely N-dealkylation sites (tertiary alicyclic amines) is 1. The van der Waals surface area contributed by atoms with Crippen molar-refractivity contribution in [3.8, 4) is 0 Å². The lowest BCUT2D eigenvalue weighted by molar-refractivity contribution is -0.122. The molecular weight excluding hydrogens is 330 g/mol. The molecule has 4 rings (SSSR count). The molecule has 2 atom stereocenters. The molecule has 0 radical (unpaired) electrons. The van der Waals surface area contributed by atoms with E-state index in [1.807, 2.05) is 12.4 Å². The molecule has 0 bridgehead atoms. The Labute approximate surface area is 154 Å². The molecule has 3 aliphatic rings. The number of aliphatic hydroxyl groups is 1. The van der Waals surface area contributed by atoms with Crippen LogP contribution in [0.4, 0.5) is 5.95 Å². The van der Waals surface area contributed by atoms with Crippen LogP contribution in [-0.2, 0) is 11.3 Å². The Bertz CT molecular complexity index is 613. The Morgan fingerprint density at radius 2 is 1.92 bits per heavy atom. The van der Waals surface area contributed by atoms with Crippen LogP contribution < -0.4 is 10.2 Å². The fraction of sp³-hybridized carbons (Fsp3) is 0.737. The first-order valence-corrected chi connectivity index (χ1v) is 9.91. The van der Waals surface area contributed by atoms with Crippen molar-refractivity contribution in [1.82, 2.24) is 20.2 Å². The molecule has 1 aromatic rings. The van der Waals surface area contributed by atoms with Crippen LogP contribution >= 0.6 is 0 Å². The Morgan fingerprint density at radius 3 is 2.58 bits per heavy atom. The predicted octanol–water partition coefficient (Wildman–Crippen LogP) is 0.786. The molecule has 3 heterocycles. The van der Waals surface area contributed by atoms with E-state index >= 15 is 0 Å². The van der Waals surface area contributed by atoms with Crippen LogP contribution in [-0.4, -0.2) is 64.7 Å². The lowest BCUT2D eigenvalue weighted by Gasteiger charge is -2.19. The van der Waals surface area contributed by atoms with Crippen LogP contribution in [0.5, 0.6) is 0 Å². The maximum Gasteiger partial charge on any atom is 0.225 e. The zero-order chi connectivity index (χ0) is 17.9. The van der Waals surface area contributed by atoms with E-state index in [0.717, 1.165) is 50.2 Å². The van der Waals surface area contributed by atoms with Crippen molar-refractivity contribution in [3.05, 3.63) is 18.0 Å². The summed E-state index contributed by atoms with van der Waals surface area (Å²) in [4.78, 5) is 25.7. The third-order valence-electron chi connectivity index (χ3n) is 5.84. The van der Waals surface area contributed by atoms with Crippen molar-refractivity contribution in [1.29, 1.82) is 0 Å². The highest BCUT2D eigenvalue weighted by molar-refractivity contribution is 5.76. The molecule has 3 fully saturated rings. The Hall–Kier alpha value is -1.73. The molecule has 1 amide bonds. The zero-order valence-electron chi connectivity index (χ0n) is 15.3. The van der Waals surface area contributed by atoms with E-state index in [1.54, 1.807) is 0 Å². The number of hydrogen-bond donors (Lipinski definition) is 2. The molecule has 7 heteroatoms. The van der Waals surface area contributed by atoms with Gasteiger partial charge in [-0.1, -0.05) is 0 Å². The van der Waals surface area contributed by atoms with E-state index in [2.05, 4.69) is 25.1 Å². The predicted molar refractivity (Wildman–Crippen MR) is 98.6 cm³/mol. The van der Waals surface area contributed by atoms with Crippen molar-refractivity contribution in [2.24, 2.45) is 11.8 Å². The number of rotatable bonds is 7. The average Bonchev–Trinajstić information content (AvgIpc) is 3.18. The van der Waals surface area contributed by atoms with Gasteiger partial charge in [0, 0.05) is 63.1 Å². The molecule has 1 saturated carbocycles. The number of amides is 1. The van der Waals surface area contributed by atoms with Crippen LogP contribution in [0.1, 0.15) is 37.7 Å². The molecule has 2 aliphatic heterocycles. The zero-order valence-corrected chi connectivity index (χ0v) is 15.3. The van der Waals surface area contributed by atoms with Gasteiger partial charge < -0.3 is 15.3 Å². The van der Waals surface area contributed by atoms with E-state index in [1.165, 1.54) is 25.7 Å². The van der Waals surface area contributed by atoms with Crippen molar-refractivity contribution in [3.63, 3.8) is 0 Å². The van der Waals surface area contributed by atoms with E-state index in [0.29, 0.717) is 5.92 Å². The minimum atomic E-state index is -0.0862. The molecule has 7 nitrogen and oxygen atoms in total. The molecule has 1 aromatic heterocycles. The fourth-order valence-electron chi connectivity index (χ4n) is 4.35. The SMILES string of the molecule is O=C(CCO)N[C@@H]1CN(Cc2cnc(N3CCCC3)nc2)C[C@H]1C1CC1. The van der Waals surface area contributed by atoms with Gasteiger partial charge in [0.25, 0.3) is 0 Å². The smallest absolute Gasteiger partial charge is 0.225 e. The first-order valence-electron chi connectivity index (χ1n) is 9.91. The number of nitrogens with one attached hydrogen (secondary N) is 1. The van der Waals surface area contributed by atoms with Gasteiger partial charge in [-0.3, -0.25) is 9.69 Å². The van der Waals surface area contributed by atoms with Gasteiger partial charge in [-0.2, -0.15) is 0 Å². The standard InChI is InChI=1S/C19H29N5O2/c25-8-5-18(26)22-17-13-23(12-16(17)15-3-4-15)11-14-9-20-19(21-10-14)24-6-1-2-7-24/h9-10,15-17,25H,1-8,11-13H2,(H,22,26)/t16-,17+/m0/s1. The summed E-state index contributed by atoms with van der Waals surface area (Å²) in [6, 6.07) is 0.200. The minimum Gasteiger partial charge on any atom is -0.396 e. The van der Waals surface area contributed by atoms with Crippen LogP contribution in [0.25, 0.3) is 0 Å². The highest BCUT2D eigenvalue weighted by atomic mass is 16.3. The summed E-state index contributed by atoms with van der Waals surface area (Å²) in [6.07, 6.45) is 9.10. The molecule has 0 spiro atoms. The Kier molecular flexibility index (Phi) is 5.36. The normalized spacial score (nSPS) is 26.4. The third kappa shape index (κ3) is 4.15. The van der Waals surface area contributed by atoms with Gasteiger partial charge >= 0.3 is 0 Å². The van der Waals surface area contributed by atoms with Gasteiger partial charge in [0.05, 0.1) is 6.61 Å². The minimum absolute atomic E-state index is 0.0386. The Morgan fingerprint density at radius 1 is 1.19 bits per heavy atom. The summed E-state index contributed by atoms with van der Waals surface area (Å²) in [5, 5.41) is 12.1. The summed E-state index contributed by atoms with van der Waals surface area (Å²) >= 11 is 0. The topological polar surface area (TPSA) is 81.6 Å². The number of aromatic nitrogens is 2. The second-order valence-corrected chi connectivity index (χ2v) is 7.93. The highest BCUT2D eigenvalue weighted by Crippen LogP contribution is 2.41. The van der Waals surface area contributed by atoms with Gasteiger partial charge in [0.1, 0.15) is 0 Å². The second kappa shape index (κ2) is 7.88. The van der Waals surface area contributed by atoms with Crippen molar-refractivity contribution in [2.45, 2.75) is 44.7 Å². The second-order valence-electron chi connectivity index (χ2n) is 7.93. The van der Waals surface area contributed by atoms with Gasteiger partial charge in [0.15, 0.2) is 0 Å². The maximum atomic E-state index is 11.9. The number of anilines is 1. The van der Waals surface area contributed by atoms with Crippen LogP contribution in [0.2, 0.25) is 0 Å². The molecule has 142 valence electrons. The number of carbonyl (C=O) groups excluding carboxylic acids is 1. The van der Waals surface area contributed by atoms with E-state index in [4.69, 9.17) is 5.11 Å². The molecule has 1 aliphatic carbocycles. The lowest BCUT2D eigenvalue weighted by atomic mass is 9.98. The average molecular weight is 359 g/mol. The summed E-state index contributed by atoms with van der Waals surface area (Å²) in [5.74, 6) is 2.08. The van der Waals surface area contributed by atoms with Gasteiger partial charge in [-0.15, -0.1) is 0 Å². The van der Waals surface area contributed by atoms with Gasteiger partial charge in [-0.25, -0.2) is 9.97 Å². The lowest BCUT2D eigenvalue weighted by Crippen LogP contribution is -2.41. The van der Waals surface area contributed by atoms with Crippen molar-refractivity contribution >= 4 is 11.9 Å². The van der Waals surface area contributed by atoms with Crippen LogP contribution in [0, 0.1) is 11.8 Å². The van der Waals surface area contributed by atoms with Crippen LogP contribution in [0.3, 0.4) is 0 Å². The number of carbonyl (C=O) groups is 1. The van der Waals surface area contributed by atoms with Gasteiger partial charge in [0.2, 0.25) is 11.9 Å². The molecular formula is C19H29N5O2. The maximum absolute atomic E-state index is 11.9. The third-order valence-corrected chi connectivity index (χ3v) is 5.84. The summed E-state index contributed by atoms with van der Waals surface area (Å²) in [7, 11) is 0. The first kappa shape index (κ1) is 17.7. The number of hydrogen-bond acceptors (Lipinski definition) is 6. The van der Waals surface area contributed by atoms with Gasteiger partial charge in [-0.05, 0) is 37.5 Å². The van der Waals surface area contributed by atoms with E-state index in [-0.39, 0.29) is 25.0 Å². The van der Waals surface area contributed by atoms with E-state index < -0.39 is 0 Å². The summed E-state index contributed by atoms with van der Waals surface area (Å²) in [6.45, 7) is 4.75. The number of aliphatic hydroxyl groups excluding tert-OH is 1. The summed E-state index contributed by atoms with van der Waals surface area (Å²) < 4.78 is 0. The fourth-order valence-corrected chi connectivity index (χ4v) is 4.35. The molecule has 26 heavy (non-hydrogen) atoms. The van der Waals surface area contributed by atoms with E-state index in [9.17, 15) is 4.79 Å². The first-order chi connectivity index (χ1) is 12.7. The Balaban J connectivity index is 1.34. The largest absolute Gasteiger partial charge is 0.396 e. The molecule has 0 unspecified atom stereocenters. The quantitative estimate of drug-likeness (QED) is 0.749. The number of nitrogens with zero attached hydrogens (tertiary/aromatic N) is 4. The van der Waals surface area contributed by atoms with Crippen molar-refractivity contribution in [2.75, 3.05) is 37.7 Å². The van der Waals surface area contributed by atoms with Crippen molar-refractivity contribution < 1.29 is 9.90 Å². The highest BCUT2D eigenvalue weighted by Gasteiger charge is 2.42. The molecule has 2 saturated heterocycles. The molecule has 2 N–H and O–H groups in total. The van der Waals surface area contributed by atoms with Crippen LogP contribution in [0.15, 0.2) is 12.4 Å².